The lowest BCUT2D eigenvalue weighted by Crippen LogP contribution is -2.29. The Morgan fingerprint density at radius 1 is 1.50 bits per heavy atom. The quantitative estimate of drug-likeness (QED) is 0.407. The molecule has 1 aromatic carbocycles. The maximum atomic E-state index is 11.9. The average Bonchev–Trinajstić information content (AvgIpc) is 2.91. The highest BCUT2D eigenvalue weighted by atomic mass is 32.2. The van der Waals surface area contributed by atoms with Gasteiger partial charge in [-0.05, 0) is 24.6 Å². The highest BCUT2D eigenvalue weighted by Gasteiger charge is 2.11. The van der Waals surface area contributed by atoms with E-state index in [2.05, 4.69) is 22.1 Å². The summed E-state index contributed by atoms with van der Waals surface area (Å²) in [4.78, 5) is 11.9. The van der Waals surface area contributed by atoms with Crippen molar-refractivity contribution >= 4 is 23.6 Å². The summed E-state index contributed by atoms with van der Waals surface area (Å²) >= 11 is 1.28. The molecule has 0 atom stereocenters. The summed E-state index contributed by atoms with van der Waals surface area (Å²) < 4.78 is 7.28. The standard InChI is InChI=1S/C16H21N5O2S/c1-3-8-21-15(17)19-20-16(21)24-11-14(22)18-7-9-23-13-6-4-5-12(2)10-13/h3-6,10H,1,7-9,11H2,2H3,(H2,17,19)(H,18,22). The first-order chi connectivity index (χ1) is 11.6. The van der Waals surface area contributed by atoms with Crippen molar-refractivity contribution < 1.29 is 9.53 Å². The fourth-order valence-corrected chi connectivity index (χ4v) is 2.74. The third-order valence-electron chi connectivity index (χ3n) is 3.07. The molecule has 0 radical (unpaired) electrons. The molecular formula is C16H21N5O2S. The molecular weight excluding hydrogens is 326 g/mol. The predicted molar refractivity (Wildman–Crippen MR) is 95.0 cm³/mol. The summed E-state index contributed by atoms with van der Waals surface area (Å²) in [6.45, 7) is 7.03. The Morgan fingerprint density at radius 2 is 2.33 bits per heavy atom. The first-order valence-electron chi connectivity index (χ1n) is 7.48. The van der Waals surface area contributed by atoms with Crippen LogP contribution in [0.5, 0.6) is 5.75 Å². The second kappa shape index (κ2) is 8.97. The Labute approximate surface area is 145 Å². The van der Waals surface area contributed by atoms with Crippen LogP contribution < -0.4 is 15.8 Å². The summed E-state index contributed by atoms with van der Waals surface area (Å²) in [5, 5.41) is 11.1. The number of nitrogens with two attached hydrogens (primary N) is 1. The van der Waals surface area contributed by atoms with E-state index >= 15 is 0 Å². The molecule has 0 unspecified atom stereocenters. The molecule has 1 aromatic heterocycles. The molecule has 0 aliphatic heterocycles. The second-order valence-corrected chi connectivity index (χ2v) is 5.99. The number of rotatable bonds is 9. The Bertz CT molecular complexity index is 702. The number of carbonyl (C=O) groups is 1. The topological polar surface area (TPSA) is 95.1 Å². The molecule has 0 aliphatic carbocycles. The van der Waals surface area contributed by atoms with Crippen LogP contribution in [-0.2, 0) is 11.3 Å². The van der Waals surface area contributed by atoms with Crippen LogP contribution in [0.1, 0.15) is 5.56 Å². The third kappa shape index (κ3) is 5.31. The first kappa shape index (κ1) is 17.9. The van der Waals surface area contributed by atoms with E-state index in [9.17, 15) is 4.79 Å². The number of nitrogen functional groups attached to an aromatic ring is 1. The van der Waals surface area contributed by atoms with Gasteiger partial charge in [0, 0.05) is 6.54 Å². The fourth-order valence-electron chi connectivity index (χ4n) is 1.95. The molecule has 2 rings (SSSR count). The van der Waals surface area contributed by atoms with Gasteiger partial charge in [0.1, 0.15) is 12.4 Å². The van der Waals surface area contributed by atoms with Crippen LogP contribution >= 0.6 is 11.8 Å². The van der Waals surface area contributed by atoms with E-state index in [-0.39, 0.29) is 11.7 Å². The molecule has 7 nitrogen and oxygen atoms in total. The maximum Gasteiger partial charge on any atom is 0.230 e. The van der Waals surface area contributed by atoms with E-state index in [1.165, 1.54) is 11.8 Å². The van der Waals surface area contributed by atoms with E-state index in [1.807, 2.05) is 31.2 Å². The fraction of sp³-hybridized carbons (Fsp3) is 0.312. The summed E-state index contributed by atoms with van der Waals surface area (Å²) in [5.41, 5.74) is 6.84. The Balaban J connectivity index is 1.69. The highest BCUT2D eigenvalue weighted by molar-refractivity contribution is 7.99. The molecule has 0 spiro atoms. The SMILES string of the molecule is C=CCn1c(N)nnc1SCC(=O)NCCOc1cccc(C)c1. The zero-order chi connectivity index (χ0) is 17.4. The number of nitrogens with zero attached hydrogens (tertiary/aromatic N) is 3. The van der Waals surface area contributed by atoms with Gasteiger partial charge < -0.3 is 15.8 Å². The van der Waals surface area contributed by atoms with Gasteiger partial charge in [-0.25, -0.2) is 0 Å². The van der Waals surface area contributed by atoms with Crippen molar-refractivity contribution in [3.63, 3.8) is 0 Å². The van der Waals surface area contributed by atoms with Gasteiger partial charge in [0.05, 0.1) is 12.3 Å². The van der Waals surface area contributed by atoms with Crippen LogP contribution in [0.15, 0.2) is 42.1 Å². The molecule has 24 heavy (non-hydrogen) atoms. The van der Waals surface area contributed by atoms with Crippen LogP contribution in [0, 0.1) is 6.92 Å². The molecule has 1 amide bonds. The summed E-state index contributed by atoms with van der Waals surface area (Å²) in [6.07, 6.45) is 1.70. The van der Waals surface area contributed by atoms with Gasteiger partial charge >= 0.3 is 0 Å². The lowest BCUT2D eigenvalue weighted by molar-refractivity contribution is -0.118. The average molecular weight is 347 g/mol. The van der Waals surface area contributed by atoms with Crippen LogP contribution in [0.25, 0.3) is 0 Å². The Hall–Kier alpha value is -2.48. The molecule has 0 fully saturated rings. The number of benzene rings is 1. The number of aryl methyl sites for hydroxylation is 1. The Morgan fingerprint density at radius 3 is 3.08 bits per heavy atom. The lowest BCUT2D eigenvalue weighted by atomic mass is 10.2. The number of anilines is 1. The number of amides is 1. The predicted octanol–water partition coefficient (Wildman–Crippen LogP) is 1.64. The number of carbonyl (C=O) groups excluding carboxylic acids is 1. The zero-order valence-corrected chi connectivity index (χ0v) is 14.4. The van der Waals surface area contributed by atoms with Crippen molar-refractivity contribution in [1.82, 2.24) is 20.1 Å². The normalized spacial score (nSPS) is 10.4. The van der Waals surface area contributed by atoms with Crippen LogP contribution in [-0.4, -0.2) is 39.6 Å². The number of hydrogen-bond donors (Lipinski definition) is 2. The van der Waals surface area contributed by atoms with Crippen molar-refractivity contribution in [3.8, 4) is 5.75 Å². The van der Waals surface area contributed by atoms with Gasteiger partial charge in [-0.2, -0.15) is 0 Å². The molecule has 1 heterocycles. The number of aromatic nitrogens is 3. The first-order valence-corrected chi connectivity index (χ1v) is 8.47. The lowest BCUT2D eigenvalue weighted by Gasteiger charge is -2.08. The minimum Gasteiger partial charge on any atom is -0.492 e. The van der Waals surface area contributed by atoms with E-state index in [1.54, 1.807) is 10.6 Å². The minimum absolute atomic E-state index is 0.0976. The Kier molecular flexibility index (Phi) is 6.68. The molecule has 0 saturated heterocycles. The third-order valence-corrected chi connectivity index (χ3v) is 4.04. The summed E-state index contributed by atoms with van der Waals surface area (Å²) in [6, 6.07) is 7.78. The number of thioether (sulfide) groups is 1. The molecule has 0 aliphatic rings. The molecule has 0 saturated carbocycles. The van der Waals surface area contributed by atoms with E-state index in [0.29, 0.717) is 30.8 Å². The van der Waals surface area contributed by atoms with Crippen molar-refractivity contribution in [3.05, 3.63) is 42.5 Å². The van der Waals surface area contributed by atoms with Crippen LogP contribution in [0.2, 0.25) is 0 Å². The smallest absolute Gasteiger partial charge is 0.230 e. The van der Waals surface area contributed by atoms with E-state index in [4.69, 9.17) is 10.5 Å². The van der Waals surface area contributed by atoms with Crippen LogP contribution in [0.4, 0.5) is 5.95 Å². The summed E-state index contributed by atoms with van der Waals surface area (Å²) in [5.74, 6) is 1.25. The van der Waals surface area contributed by atoms with Gasteiger partial charge in [-0.3, -0.25) is 9.36 Å². The number of ether oxygens (including phenoxy) is 1. The van der Waals surface area contributed by atoms with Crippen LogP contribution in [0.3, 0.4) is 0 Å². The van der Waals surface area contributed by atoms with Crippen molar-refractivity contribution in [2.24, 2.45) is 0 Å². The summed E-state index contributed by atoms with van der Waals surface area (Å²) in [7, 11) is 0. The number of hydrogen-bond acceptors (Lipinski definition) is 6. The highest BCUT2D eigenvalue weighted by Crippen LogP contribution is 2.17. The van der Waals surface area contributed by atoms with E-state index in [0.717, 1.165) is 11.3 Å². The molecule has 2 aromatic rings. The second-order valence-electron chi connectivity index (χ2n) is 5.04. The number of allylic oxidation sites excluding steroid dienone is 1. The molecule has 0 bridgehead atoms. The molecule has 128 valence electrons. The van der Waals surface area contributed by atoms with E-state index < -0.39 is 0 Å². The van der Waals surface area contributed by atoms with Gasteiger partial charge in [-0.15, -0.1) is 16.8 Å². The van der Waals surface area contributed by atoms with Crippen molar-refractivity contribution in [2.75, 3.05) is 24.6 Å². The van der Waals surface area contributed by atoms with Gasteiger partial charge in [0.25, 0.3) is 0 Å². The minimum atomic E-state index is -0.0976. The van der Waals surface area contributed by atoms with Gasteiger partial charge in [-0.1, -0.05) is 30.0 Å². The maximum absolute atomic E-state index is 11.9. The monoisotopic (exact) mass is 347 g/mol. The number of nitrogens with one attached hydrogen (secondary N) is 1. The van der Waals surface area contributed by atoms with Gasteiger partial charge in [0.2, 0.25) is 11.9 Å². The zero-order valence-electron chi connectivity index (χ0n) is 13.6. The van der Waals surface area contributed by atoms with Crippen molar-refractivity contribution in [1.29, 1.82) is 0 Å². The van der Waals surface area contributed by atoms with Gasteiger partial charge in [0.15, 0.2) is 5.16 Å². The largest absolute Gasteiger partial charge is 0.492 e. The molecule has 8 heteroatoms. The van der Waals surface area contributed by atoms with Crippen molar-refractivity contribution in [2.45, 2.75) is 18.6 Å². The molecule has 3 N–H and O–H groups in total.